The predicted octanol–water partition coefficient (Wildman–Crippen LogP) is 4.22. The molecule has 0 aliphatic rings. The van der Waals surface area contributed by atoms with Gasteiger partial charge in [0.05, 0.1) is 5.69 Å². The highest BCUT2D eigenvalue weighted by Crippen LogP contribution is 2.24. The third-order valence-corrected chi connectivity index (χ3v) is 4.55. The second-order valence-corrected chi connectivity index (χ2v) is 6.30. The fourth-order valence-electron chi connectivity index (χ4n) is 2.43. The van der Waals surface area contributed by atoms with Gasteiger partial charge in [0.1, 0.15) is 5.82 Å². The molecule has 0 unspecified atom stereocenters. The molecule has 3 rings (SSSR count). The molecule has 4 heteroatoms. The van der Waals surface area contributed by atoms with Gasteiger partial charge in [0.25, 0.3) is 0 Å². The molecule has 1 heterocycles. The number of rotatable bonds is 5. The summed E-state index contributed by atoms with van der Waals surface area (Å²) in [4.78, 5) is 0. The van der Waals surface area contributed by atoms with Crippen LogP contribution in [0, 0.1) is 13.8 Å². The second kappa shape index (κ2) is 6.79. The molecule has 0 spiro atoms. The Hall–Kier alpha value is -2.07. The van der Waals surface area contributed by atoms with Gasteiger partial charge in [-0.3, -0.25) is 4.57 Å². The Morgan fingerprint density at radius 3 is 2.41 bits per heavy atom. The Bertz CT molecular complexity index is 750. The first-order chi connectivity index (χ1) is 10.8. The van der Waals surface area contributed by atoms with Gasteiger partial charge in [-0.15, -0.1) is 10.2 Å². The van der Waals surface area contributed by atoms with Gasteiger partial charge in [-0.2, -0.15) is 0 Å². The quantitative estimate of drug-likeness (QED) is 0.661. The molecular weight excluding hydrogens is 290 g/mol. The van der Waals surface area contributed by atoms with Crippen LogP contribution < -0.4 is 0 Å². The number of para-hydroxylation sites is 1. The van der Waals surface area contributed by atoms with E-state index in [1.54, 1.807) is 11.8 Å². The van der Waals surface area contributed by atoms with Gasteiger partial charge < -0.3 is 0 Å². The lowest BCUT2D eigenvalue weighted by atomic mass is 10.2. The summed E-state index contributed by atoms with van der Waals surface area (Å²) >= 11 is 1.76. The van der Waals surface area contributed by atoms with Crippen LogP contribution in [0.1, 0.15) is 17.0 Å². The number of aromatic nitrogens is 3. The number of benzene rings is 2. The number of thioether (sulfide) groups is 1. The van der Waals surface area contributed by atoms with Crippen molar-refractivity contribution in [2.24, 2.45) is 0 Å². The molecule has 1 aromatic heterocycles. The first-order valence-electron chi connectivity index (χ1n) is 7.40. The van der Waals surface area contributed by atoms with Gasteiger partial charge in [0.2, 0.25) is 0 Å². The highest BCUT2D eigenvalue weighted by Gasteiger charge is 2.12. The Morgan fingerprint density at radius 1 is 0.909 bits per heavy atom. The number of aryl methyl sites for hydroxylation is 3. The smallest absolute Gasteiger partial charge is 0.195 e. The molecule has 0 saturated heterocycles. The molecule has 0 amide bonds. The summed E-state index contributed by atoms with van der Waals surface area (Å²) in [6, 6.07) is 18.9. The van der Waals surface area contributed by atoms with Crippen LogP contribution in [-0.2, 0) is 6.42 Å². The van der Waals surface area contributed by atoms with Gasteiger partial charge in [-0.1, -0.05) is 60.3 Å². The minimum atomic E-state index is 0.927. The van der Waals surface area contributed by atoms with E-state index < -0.39 is 0 Å². The lowest BCUT2D eigenvalue weighted by molar-refractivity contribution is 0.861. The molecular formula is C18H19N3S. The maximum Gasteiger partial charge on any atom is 0.195 e. The van der Waals surface area contributed by atoms with Gasteiger partial charge in [-0.25, -0.2) is 0 Å². The molecule has 2 aromatic carbocycles. The van der Waals surface area contributed by atoms with Crippen molar-refractivity contribution in [2.75, 3.05) is 5.75 Å². The number of hydrogen-bond acceptors (Lipinski definition) is 3. The topological polar surface area (TPSA) is 30.7 Å². The molecule has 0 bridgehead atoms. The standard InChI is InChI=1S/C18H19N3S/c1-14-8-6-7-11-17(14)21-15(2)19-20-18(21)22-13-12-16-9-4-3-5-10-16/h3-11H,12-13H2,1-2H3. The van der Waals surface area contributed by atoms with Gasteiger partial charge in [-0.05, 0) is 37.5 Å². The van der Waals surface area contributed by atoms with E-state index in [-0.39, 0.29) is 0 Å². The summed E-state index contributed by atoms with van der Waals surface area (Å²) in [6.45, 7) is 4.12. The monoisotopic (exact) mass is 309 g/mol. The van der Waals surface area contributed by atoms with Crippen molar-refractivity contribution in [2.45, 2.75) is 25.4 Å². The first-order valence-corrected chi connectivity index (χ1v) is 8.39. The van der Waals surface area contributed by atoms with E-state index in [1.165, 1.54) is 11.1 Å². The summed E-state index contributed by atoms with van der Waals surface area (Å²) in [5.41, 5.74) is 3.75. The first kappa shape index (κ1) is 14.9. The van der Waals surface area contributed by atoms with Crippen LogP contribution in [0.25, 0.3) is 5.69 Å². The van der Waals surface area contributed by atoms with Gasteiger partial charge in [0.15, 0.2) is 5.16 Å². The van der Waals surface area contributed by atoms with E-state index in [0.717, 1.165) is 28.8 Å². The van der Waals surface area contributed by atoms with E-state index in [1.807, 2.05) is 6.92 Å². The maximum atomic E-state index is 4.34. The Morgan fingerprint density at radius 2 is 1.64 bits per heavy atom. The normalized spacial score (nSPS) is 10.8. The molecule has 0 aliphatic heterocycles. The van der Waals surface area contributed by atoms with Crippen molar-refractivity contribution in [3.05, 3.63) is 71.5 Å². The average molecular weight is 309 g/mol. The minimum absolute atomic E-state index is 0.927. The molecule has 112 valence electrons. The van der Waals surface area contributed by atoms with Crippen molar-refractivity contribution in [3.8, 4) is 5.69 Å². The van der Waals surface area contributed by atoms with Crippen molar-refractivity contribution >= 4 is 11.8 Å². The molecule has 0 fully saturated rings. The molecule has 0 saturated carbocycles. The molecule has 0 aliphatic carbocycles. The minimum Gasteiger partial charge on any atom is -0.274 e. The highest BCUT2D eigenvalue weighted by molar-refractivity contribution is 7.99. The molecule has 0 radical (unpaired) electrons. The average Bonchev–Trinajstić information content (AvgIpc) is 2.90. The summed E-state index contributed by atoms with van der Waals surface area (Å²) in [6.07, 6.45) is 1.03. The number of nitrogens with zero attached hydrogens (tertiary/aromatic N) is 3. The van der Waals surface area contributed by atoms with Crippen LogP contribution in [0.5, 0.6) is 0 Å². The molecule has 22 heavy (non-hydrogen) atoms. The maximum absolute atomic E-state index is 4.34. The Balaban J connectivity index is 1.77. The van der Waals surface area contributed by atoms with E-state index in [2.05, 4.69) is 76.3 Å². The summed E-state index contributed by atoms with van der Waals surface area (Å²) in [7, 11) is 0. The molecule has 3 aromatic rings. The van der Waals surface area contributed by atoms with Crippen molar-refractivity contribution in [1.29, 1.82) is 0 Å². The van der Waals surface area contributed by atoms with Crippen molar-refractivity contribution < 1.29 is 0 Å². The summed E-state index contributed by atoms with van der Waals surface area (Å²) in [5, 5.41) is 9.55. The predicted molar refractivity (Wildman–Crippen MR) is 91.7 cm³/mol. The second-order valence-electron chi connectivity index (χ2n) is 5.24. The zero-order chi connectivity index (χ0) is 15.4. The zero-order valence-electron chi connectivity index (χ0n) is 12.9. The lowest BCUT2D eigenvalue weighted by Crippen LogP contribution is -2.02. The van der Waals surface area contributed by atoms with Gasteiger partial charge >= 0.3 is 0 Å². The van der Waals surface area contributed by atoms with Crippen LogP contribution in [0.2, 0.25) is 0 Å². The number of hydrogen-bond donors (Lipinski definition) is 0. The van der Waals surface area contributed by atoms with E-state index in [0.29, 0.717) is 0 Å². The Kier molecular flexibility index (Phi) is 4.59. The van der Waals surface area contributed by atoms with Crippen LogP contribution in [0.4, 0.5) is 0 Å². The van der Waals surface area contributed by atoms with Crippen LogP contribution in [-0.4, -0.2) is 20.5 Å². The summed E-state index contributed by atoms with van der Waals surface area (Å²) in [5.74, 6) is 1.92. The molecule has 3 nitrogen and oxygen atoms in total. The van der Waals surface area contributed by atoms with Crippen LogP contribution >= 0.6 is 11.8 Å². The molecule has 0 atom stereocenters. The summed E-state index contributed by atoms with van der Waals surface area (Å²) < 4.78 is 2.14. The molecule has 0 N–H and O–H groups in total. The SMILES string of the molecule is Cc1ccccc1-n1c(C)nnc1SCCc1ccccc1. The largest absolute Gasteiger partial charge is 0.274 e. The van der Waals surface area contributed by atoms with E-state index >= 15 is 0 Å². The fourth-order valence-corrected chi connectivity index (χ4v) is 3.41. The van der Waals surface area contributed by atoms with Crippen LogP contribution in [0.15, 0.2) is 59.8 Å². The Labute approximate surface area is 135 Å². The van der Waals surface area contributed by atoms with E-state index in [9.17, 15) is 0 Å². The van der Waals surface area contributed by atoms with Crippen molar-refractivity contribution in [3.63, 3.8) is 0 Å². The third-order valence-electron chi connectivity index (χ3n) is 3.62. The zero-order valence-corrected chi connectivity index (χ0v) is 13.7. The third kappa shape index (κ3) is 3.22. The highest BCUT2D eigenvalue weighted by atomic mass is 32.2. The van der Waals surface area contributed by atoms with Crippen LogP contribution in [0.3, 0.4) is 0 Å². The fraction of sp³-hybridized carbons (Fsp3) is 0.222. The van der Waals surface area contributed by atoms with Gasteiger partial charge in [0, 0.05) is 5.75 Å². The van der Waals surface area contributed by atoms with E-state index in [4.69, 9.17) is 0 Å². The van der Waals surface area contributed by atoms with Crippen molar-refractivity contribution in [1.82, 2.24) is 14.8 Å². The lowest BCUT2D eigenvalue weighted by Gasteiger charge is -2.11.